The van der Waals surface area contributed by atoms with Crippen LogP contribution in [-0.4, -0.2) is 13.0 Å². The molecule has 0 saturated carbocycles. The molecule has 1 aliphatic heterocycles. The maximum Gasteiger partial charge on any atom is 0.174 e. The molecule has 13 heavy (non-hydrogen) atoms. The van der Waals surface area contributed by atoms with Crippen LogP contribution in [0, 0.1) is 0 Å². The summed E-state index contributed by atoms with van der Waals surface area (Å²) >= 11 is 5.97. The lowest BCUT2D eigenvalue weighted by molar-refractivity contribution is 0.379. The zero-order valence-electron chi connectivity index (χ0n) is 6.90. The van der Waals surface area contributed by atoms with Crippen LogP contribution in [0.1, 0.15) is 5.56 Å². The molecule has 0 unspecified atom stereocenters. The number of benzene rings is 1. The van der Waals surface area contributed by atoms with Gasteiger partial charge in [-0.05, 0) is 17.7 Å². The van der Waals surface area contributed by atoms with Crippen molar-refractivity contribution in [1.82, 2.24) is 0 Å². The molecular formula is C10H8ClNO. The fourth-order valence-electron chi connectivity index (χ4n) is 1.12. The molecule has 0 aromatic heterocycles. The van der Waals surface area contributed by atoms with Crippen molar-refractivity contribution in [3.05, 3.63) is 40.5 Å². The summed E-state index contributed by atoms with van der Waals surface area (Å²) in [4.78, 5) is 4.03. The third kappa shape index (κ3) is 1.90. The molecule has 0 atom stereocenters. The standard InChI is InChI=1S/C10H8ClNO/c11-10-4-2-1-3-8(10)5-9-6-13-7-12-9/h1-5,7H,6H2/b9-5-. The van der Waals surface area contributed by atoms with Crippen molar-refractivity contribution in [2.45, 2.75) is 0 Å². The highest BCUT2D eigenvalue weighted by atomic mass is 35.5. The van der Waals surface area contributed by atoms with Gasteiger partial charge in [0.25, 0.3) is 0 Å². The minimum Gasteiger partial charge on any atom is -0.477 e. The zero-order chi connectivity index (χ0) is 9.10. The van der Waals surface area contributed by atoms with Gasteiger partial charge >= 0.3 is 0 Å². The first kappa shape index (κ1) is 8.32. The number of hydrogen-bond donors (Lipinski definition) is 0. The van der Waals surface area contributed by atoms with Gasteiger partial charge in [-0.25, -0.2) is 4.99 Å². The first-order chi connectivity index (χ1) is 6.36. The molecule has 0 saturated heterocycles. The fourth-order valence-corrected chi connectivity index (χ4v) is 1.31. The van der Waals surface area contributed by atoms with E-state index in [0.717, 1.165) is 16.3 Å². The molecule has 66 valence electrons. The van der Waals surface area contributed by atoms with Crippen molar-refractivity contribution < 1.29 is 4.74 Å². The number of nitrogens with zero attached hydrogens (tertiary/aromatic N) is 1. The van der Waals surface area contributed by atoms with E-state index in [4.69, 9.17) is 16.3 Å². The van der Waals surface area contributed by atoms with Crippen LogP contribution in [0.4, 0.5) is 0 Å². The molecule has 1 aromatic carbocycles. The predicted octanol–water partition coefficient (Wildman–Crippen LogP) is 2.74. The molecular weight excluding hydrogens is 186 g/mol. The fraction of sp³-hybridized carbons (Fsp3) is 0.100. The molecule has 1 heterocycles. The monoisotopic (exact) mass is 193 g/mol. The van der Waals surface area contributed by atoms with E-state index in [1.54, 1.807) is 0 Å². The van der Waals surface area contributed by atoms with Gasteiger partial charge in [-0.3, -0.25) is 0 Å². The van der Waals surface area contributed by atoms with Crippen LogP contribution >= 0.6 is 11.6 Å². The molecule has 2 rings (SSSR count). The second-order valence-corrected chi connectivity index (χ2v) is 3.11. The highest BCUT2D eigenvalue weighted by Gasteiger charge is 2.02. The van der Waals surface area contributed by atoms with E-state index < -0.39 is 0 Å². The Hall–Kier alpha value is -1.28. The van der Waals surface area contributed by atoms with E-state index in [-0.39, 0.29) is 0 Å². The molecule has 0 bridgehead atoms. The van der Waals surface area contributed by atoms with Crippen LogP contribution in [0.5, 0.6) is 0 Å². The Morgan fingerprint density at radius 3 is 2.92 bits per heavy atom. The molecule has 1 aliphatic rings. The number of halogens is 1. The Kier molecular flexibility index (Phi) is 2.32. The largest absolute Gasteiger partial charge is 0.477 e. The second-order valence-electron chi connectivity index (χ2n) is 2.70. The molecule has 0 spiro atoms. The normalized spacial score (nSPS) is 17.8. The second kappa shape index (κ2) is 3.62. The summed E-state index contributed by atoms with van der Waals surface area (Å²) in [5, 5.41) is 0.733. The molecule has 3 heteroatoms. The maximum atomic E-state index is 5.97. The number of hydrogen-bond acceptors (Lipinski definition) is 2. The third-order valence-corrected chi connectivity index (χ3v) is 2.10. The van der Waals surface area contributed by atoms with Crippen LogP contribution < -0.4 is 0 Å². The molecule has 0 amide bonds. The predicted molar refractivity (Wildman–Crippen MR) is 53.9 cm³/mol. The van der Waals surface area contributed by atoms with E-state index in [1.165, 1.54) is 6.40 Å². The van der Waals surface area contributed by atoms with E-state index in [9.17, 15) is 0 Å². The first-order valence-corrected chi connectivity index (χ1v) is 4.33. The lowest BCUT2D eigenvalue weighted by Gasteiger charge is -1.97. The van der Waals surface area contributed by atoms with Gasteiger partial charge in [-0.1, -0.05) is 29.8 Å². The van der Waals surface area contributed by atoms with E-state index >= 15 is 0 Å². The molecule has 0 fully saturated rings. The summed E-state index contributed by atoms with van der Waals surface area (Å²) in [6, 6.07) is 7.65. The minimum absolute atomic E-state index is 0.533. The van der Waals surface area contributed by atoms with Gasteiger partial charge in [0.1, 0.15) is 6.61 Å². The molecule has 0 aliphatic carbocycles. The van der Waals surface area contributed by atoms with E-state index in [1.807, 2.05) is 30.3 Å². The Labute approximate surface area is 81.5 Å². The van der Waals surface area contributed by atoms with Crippen LogP contribution in [-0.2, 0) is 4.74 Å². The van der Waals surface area contributed by atoms with Crippen LogP contribution in [0.15, 0.2) is 35.0 Å². The van der Waals surface area contributed by atoms with Crippen LogP contribution in [0.2, 0.25) is 5.02 Å². The average Bonchev–Trinajstić information content (AvgIpc) is 2.61. The van der Waals surface area contributed by atoms with Gasteiger partial charge in [0.2, 0.25) is 0 Å². The minimum atomic E-state index is 0.533. The van der Waals surface area contributed by atoms with Crippen molar-refractivity contribution >= 4 is 24.1 Å². The topological polar surface area (TPSA) is 21.6 Å². The van der Waals surface area contributed by atoms with Crippen molar-refractivity contribution in [3.63, 3.8) is 0 Å². The maximum absolute atomic E-state index is 5.97. The van der Waals surface area contributed by atoms with Gasteiger partial charge in [0, 0.05) is 5.02 Å². The summed E-state index contributed by atoms with van der Waals surface area (Å²) in [6.07, 6.45) is 3.37. The molecule has 1 aromatic rings. The number of ether oxygens (including phenoxy) is 1. The Balaban J connectivity index is 2.31. The first-order valence-electron chi connectivity index (χ1n) is 3.95. The highest BCUT2D eigenvalue weighted by molar-refractivity contribution is 6.32. The SMILES string of the molecule is Clc1ccccc1/C=C1/COC=N1. The van der Waals surface area contributed by atoms with Crippen molar-refractivity contribution in [1.29, 1.82) is 0 Å². The van der Waals surface area contributed by atoms with Gasteiger partial charge in [-0.2, -0.15) is 0 Å². The lowest BCUT2D eigenvalue weighted by atomic mass is 10.2. The van der Waals surface area contributed by atoms with Gasteiger partial charge in [0.05, 0.1) is 5.70 Å². The van der Waals surface area contributed by atoms with Gasteiger partial charge in [-0.15, -0.1) is 0 Å². The van der Waals surface area contributed by atoms with Gasteiger partial charge in [0.15, 0.2) is 6.40 Å². The Bertz CT molecular complexity index is 371. The summed E-state index contributed by atoms with van der Waals surface area (Å²) in [5.74, 6) is 0. The van der Waals surface area contributed by atoms with Gasteiger partial charge < -0.3 is 4.74 Å². The van der Waals surface area contributed by atoms with E-state index in [0.29, 0.717) is 6.61 Å². The molecule has 2 nitrogen and oxygen atoms in total. The highest BCUT2D eigenvalue weighted by Crippen LogP contribution is 2.19. The quantitative estimate of drug-likeness (QED) is 0.672. The Morgan fingerprint density at radius 2 is 2.23 bits per heavy atom. The third-order valence-electron chi connectivity index (χ3n) is 1.75. The molecule has 0 radical (unpaired) electrons. The van der Waals surface area contributed by atoms with Crippen molar-refractivity contribution in [2.24, 2.45) is 4.99 Å². The summed E-state index contributed by atoms with van der Waals surface area (Å²) in [5.41, 5.74) is 1.87. The van der Waals surface area contributed by atoms with Crippen molar-refractivity contribution in [2.75, 3.05) is 6.61 Å². The molecule has 0 N–H and O–H groups in total. The lowest BCUT2D eigenvalue weighted by Crippen LogP contribution is -1.83. The summed E-state index contributed by atoms with van der Waals surface area (Å²) in [6.45, 7) is 0.533. The summed E-state index contributed by atoms with van der Waals surface area (Å²) in [7, 11) is 0. The number of rotatable bonds is 1. The smallest absolute Gasteiger partial charge is 0.174 e. The Morgan fingerprint density at radius 1 is 1.38 bits per heavy atom. The zero-order valence-corrected chi connectivity index (χ0v) is 7.66. The summed E-state index contributed by atoms with van der Waals surface area (Å²) < 4.78 is 4.97. The number of aliphatic imine (C=N–C) groups is 1. The average molecular weight is 194 g/mol. The van der Waals surface area contributed by atoms with Crippen LogP contribution in [0.25, 0.3) is 6.08 Å². The van der Waals surface area contributed by atoms with Crippen LogP contribution in [0.3, 0.4) is 0 Å². The van der Waals surface area contributed by atoms with Crippen molar-refractivity contribution in [3.8, 4) is 0 Å². The van der Waals surface area contributed by atoms with E-state index in [2.05, 4.69) is 4.99 Å².